The Kier molecular flexibility index (Phi) is 3.60. The van der Waals surface area contributed by atoms with Crippen molar-refractivity contribution in [2.75, 3.05) is 0 Å². The third-order valence-electron chi connectivity index (χ3n) is 2.46. The predicted octanol–water partition coefficient (Wildman–Crippen LogP) is 4.05. The summed E-state index contributed by atoms with van der Waals surface area (Å²) in [7, 11) is 1.40. The molecular formula is C12H7F6N2O. The van der Waals surface area contributed by atoms with Gasteiger partial charge in [-0.1, -0.05) is 6.07 Å². The van der Waals surface area contributed by atoms with Crippen LogP contribution in [-0.4, -0.2) is 9.78 Å². The zero-order valence-electron chi connectivity index (χ0n) is 10.4. The third kappa shape index (κ3) is 3.29. The van der Waals surface area contributed by atoms with Gasteiger partial charge in [0.05, 0.1) is 17.3 Å². The number of rotatable bonds is 2. The molecular weight excluding hydrogens is 302 g/mol. The minimum atomic E-state index is -4.99. The lowest BCUT2D eigenvalue weighted by Gasteiger charge is -2.17. The van der Waals surface area contributed by atoms with E-state index in [-0.39, 0.29) is 0 Å². The van der Waals surface area contributed by atoms with E-state index in [1.807, 2.05) is 0 Å². The van der Waals surface area contributed by atoms with Crippen molar-refractivity contribution >= 4 is 0 Å². The van der Waals surface area contributed by atoms with E-state index in [1.165, 1.54) is 7.05 Å². The van der Waals surface area contributed by atoms with E-state index in [2.05, 4.69) is 11.3 Å². The van der Waals surface area contributed by atoms with Crippen molar-refractivity contribution in [3.63, 3.8) is 0 Å². The van der Waals surface area contributed by atoms with Gasteiger partial charge in [0.15, 0.2) is 5.75 Å². The Morgan fingerprint density at radius 3 is 1.95 bits per heavy atom. The van der Waals surface area contributed by atoms with Crippen LogP contribution in [0.1, 0.15) is 11.1 Å². The monoisotopic (exact) mass is 309 g/mol. The van der Waals surface area contributed by atoms with Crippen molar-refractivity contribution in [3.8, 4) is 11.6 Å². The Morgan fingerprint density at radius 2 is 1.57 bits per heavy atom. The highest BCUT2D eigenvalue weighted by Crippen LogP contribution is 2.45. The van der Waals surface area contributed by atoms with Crippen molar-refractivity contribution in [1.29, 1.82) is 0 Å². The summed E-state index contributed by atoms with van der Waals surface area (Å²) in [4.78, 5) is 0. The maximum absolute atomic E-state index is 12.8. The number of benzene rings is 1. The largest absolute Gasteiger partial charge is 0.436 e. The molecule has 113 valence electrons. The van der Waals surface area contributed by atoms with E-state index < -0.39 is 35.1 Å². The Bertz CT molecular complexity index is 612. The molecule has 21 heavy (non-hydrogen) atoms. The molecule has 0 saturated carbocycles. The second kappa shape index (κ2) is 4.97. The molecule has 0 saturated heterocycles. The Balaban J connectivity index is 2.58. The molecule has 0 bridgehead atoms. The summed E-state index contributed by atoms with van der Waals surface area (Å²) in [5, 5.41) is 3.56. The molecule has 1 aromatic heterocycles. The summed E-state index contributed by atoms with van der Waals surface area (Å²) in [6.07, 6.45) is -7.56. The average Bonchev–Trinajstić information content (AvgIpc) is 2.72. The van der Waals surface area contributed by atoms with E-state index in [9.17, 15) is 26.3 Å². The zero-order valence-corrected chi connectivity index (χ0v) is 10.4. The first-order valence-corrected chi connectivity index (χ1v) is 5.46. The van der Waals surface area contributed by atoms with Crippen LogP contribution < -0.4 is 4.74 Å². The van der Waals surface area contributed by atoms with Gasteiger partial charge in [0.25, 0.3) is 0 Å². The topological polar surface area (TPSA) is 27.1 Å². The van der Waals surface area contributed by atoms with Gasteiger partial charge in [0, 0.05) is 13.1 Å². The summed E-state index contributed by atoms with van der Waals surface area (Å²) >= 11 is 0. The first-order valence-electron chi connectivity index (χ1n) is 5.46. The van der Waals surface area contributed by atoms with Crippen molar-refractivity contribution < 1.29 is 31.1 Å². The number of halogens is 6. The molecule has 0 spiro atoms. The van der Waals surface area contributed by atoms with E-state index >= 15 is 0 Å². The van der Waals surface area contributed by atoms with Crippen molar-refractivity contribution in [3.05, 3.63) is 41.6 Å². The van der Waals surface area contributed by atoms with E-state index in [1.54, 1.807) is 0 Å². The van der Waals surface area contributed by atoms with Crippen LogP contribution in [0.15, 0.2) is 24.3 Å². The van der Waals surface area contributed by atoms with Gasteiger partial charge in [0.2, 0.25) is 5.88 Å². The predicted molar refractivity (Wildman–Crippen MR) is 58.6 cm³/mol. The molecule has 0 unspecified atom stereocenters. The fourth-order valence-electron chi connectivity index (χ4n) is 1.60. The third-order valence-corrected chi connectivity index (χ3v) is 2.46. The smallest absolute Gasteiger partial charge is 0.420 e. The normalized spacial score (nSPS) is 12.5. The number of aryl methyl sites for hydroxylation is 1. The maximum atomic E-state index is 12.8. The number of ether oxygens (including phenoxy) is 1. The molecule has 0 amide bonds. The molecule has 9 heteroatoms. The van der Waals surface area contributed by atoms with E-state index in [0.717, 1.165) is 10.7 Å². The Morgan fingerprint density at radius 1 is 1.05 bits per heavy atom. The molecule has 0 atom stereocenters. The van der Waals surface area contributed by atoms with Gasteiger partial charge in [-0.25, -0.2) is 0 Å². The lowest BCUT2D eigenvalue weighted by molar-refractivity contribution is -0.145. The summed E-state index contributed by atoms with van der Waals surface area (Å²) in [6, 6.07) is 2.73. The van der Waals surface area contributed by atoms with Crippen molar-refractivity contribution in [2.24, 2.45) is 7.05 Å². The van der Waals surface area contributed by atoms with Crippen LogP contribution in [0.3, 0.4) is 0 Å². The fourth-order valence-corrected chi connectivity index (χ4v) is 1.60. The Labute approximate surface area is 114 Å². The molecule has 0 aliphatic heterocycles. The Hall–Kier alpha value is -2.19. The van der Waals surface area contributed by atoms with Crippen LogP contribution in [-0.2, 0) is 19.4 Å². The highest BCUT2D eigenvalue weighted by Gasteiger charge is 2.42. The minimum absolute atomic E-state index is 0.417. The molecule has 2 aromatic rings. The maximum Gasteiger partial charge on any atom is 0.420 e. The molecule has 0 aliphatic rings. The molecule has 1 radical (unpaired) electrons. The number of para-hydroxylation sites is 1. The molecule has 0 aliphatic carbocycles. The zero-order chi connectivity index (χ0) is 15.8. The molecule has 1 aromatic carbocycles. The van der Waals surface area contributed by atoms with Crippen LogP contribution in [0.2, 0.25) is 0 Å². The fraction of sp³-hybridized carbons (Fsp3) is 0.250. The van der Waals surface area contributed by atoms with Gasteiger partial charge in [-0.2, -0.15) is 26.3 Å². The van der Waals surface area contributed by atoms with E-state index in [0.29, 0.717) is 18.2 Å². The first-order chi connectivity index (χ1) is 9.59. The highest BCUT2D eigenvalue weighted by atomic mass is 19.4. The van der Waals surface area contributed by atoms with E-state index in [4.69, 9.17) is 4.74 Å². The molecule has 2 rings (SSSR count). The number of nitrogens with zero attached hydrogens (tertiary/aromatic N) is 2. The second-order valence-corrected chi connectivity index (χ2v) is 4.02. The number of alkyl halides is 6. The highest BCUT2D eigenvalue weighted by molar-refractivity contribution is 5.46. The number of hydrogen-bond donors (Lipinski definition) is 0. The molecule has 0 N–H and O–H groups in total. The van der Waals surface area contributed by atoms with Gasteiger partial charge in [0.1, 0.15) is 0 Å². The van der Waals surface area contributed by atoms with Crippen LogP contribution >= 0.6 is 0 Å². The minimum Gasteiger partial charge on any atom is -0.436 e. The van der Waals surface area contributed by atoms with Gasteiger partial charge in [-0.3, -0.25) is 4.68 Å². The van der Waals surface area contributed by atoms with Gasteiger partial charge in [-0.05, 0) is 12.1 Å². The lowest BCUT2D eigenvalue weighted by atomic mass is 10.1. The van der Waals surface area contributed by atoms with Crippen molar-refractivity contribution in [2.45, 2.75) is 12.4 Å². The summed E-state index contributed by atoms with van der Waals surface area (Å²) in [5.41, 5.74) is -3.05. The lowest BCUT2D eigenvalue weighted by Crippen LogP contribution is -2.13. The SMILES string of the molecule is Cn1[c]cc(Oc2c(C(F)(F)F)cccc2C(F)(F)F)n1. The number of aromatic nitrogens is 2. The van der Waals surface area contributed by atoms with Gasteiger partial charge >= 0.3 is 12.4 Å². The van der Waals surface area contributed by atoms with Crippen LogP contribution in [0, 0.1) is 6.20 Å². The quantitative estimate of drug-likeness (QED) is 0.783. The standard InChI is InChI=1S/C12H7F6N2O/c1-20-6-5-9(19-20)21-10-7(11(13,14)15)3-2-4-8(10)12(16,17)18/h2-5H,1H3. The summed E-state index contributed by atoms with van der Waals surface area (Å²) in [5.74, 6) is -1.75. The van der Waals surface area contributed by atoms with Gasteiger partial charge < -0.3 is 4.74 Å². The van der Waals surface area contributed by atoms with Crippen molar-refractivity contribution in [1.82, 2.24) is 9.78 Å². The van der Waals surface area contributed by atoms with Crippen LogP contribution in [0.5, 0.6) is 11.6 Å². The van der Waals surface area contributed by atoms with Gasteiger partial charge in [-0.15, -0.1) is 5.10 Å². The first kappa shape index (κ1) is 15.2. The molecule has 3 nitrogen and oxygen atoms in total. The van der Waals surface area contributed by atoms with Crippen LogP contribution in [0.4, 0.5) is 26.3 Å². The summed E-state index contributed by atoms with van der Waals surface area (Å²) in [6.45, 7) is 0. The molecule has 0 fully saturated rings. The van der Waals surface area contributed by atoms with Crippen LogP contribution in [0.25, 0.3) is 0 Å². The molecule has 1 heterocycles. The average molecular weight is 309 g/mol. The number of hydrogen-bond acceptors (Lipinski definition) is 2. The second-order valence-electron chi connectivity index (χ2n) is 4.02. The summed E-state index contributed by atoms with van der Waals surface area (Å²) < 4.78 is 82.8.